The minimum Gasteiger partial charge on any atom is -0.497 e. The van der Waals surface area contributed by atoms with Gasteiger partial charge in [0.15, 0.2) is 6.54 Å². The van der Waals surface area contributed by atoms with Gasteiger partial charge in [-0.2, -0.15) is 0 Å². The normalized spacial score (nSPS) is 19.4. The fraction of sp³-hybridized carbons (Fsp3) is 0.556. The van der Waals surface area contributed by atoms with Crippen molar-refractivity contribution < 1.29 is 24.0 Å². The van der Waals surface area contributed by atoms with Crippen LogP contribution in [0, 0.1) is 0 Å². The first-order chi connectivity index (χ1) is 12.0. The predicted molar refractivity (Wildman–Crippen MR) is 93.9 cm³/mol. The van der Waals surface area contributed by atoms with Gasteiger partial charge >= 0.3 is 0 Å². The van der Waals surface area contributed by atoms with Crippen molar-refractivity contribution in [1.29, 1.82) is 0 Å². The topological polar surface area (TPSA) is 72.3 Å². The van der Waals surface area contributed by atoms with Crippen molar-refractivity contribution in [3.8, 4) is 11.5 Å². The molecule has 0 radical (unpaired) electrons. The molecule has 1 aromatic rings. The fourth-order valence-electron chi connectivity index (χ4n) is 3.21. The van der Waals surface area contributed by atoms with Gasteiger partial charge in [0, 0.05) is 26.9 Å². The number of hydrogen-bond acceptors (Lipinski definition) is 4. The molecule has 7 nitrogen and oxygen atoms in total. The minimum absolute atomic E-state index is 0.0340. The fourth-order valence-corrected chi connectivity index (χ4v) is 3.21. The van der Waals surface area contributed by atoms with E-state index in [1.165, 1.54) is 9.80 Å². The maximum atomic E-state index is 12.2. The molecule has 0 aromatic heterocycles. The lowest BCUT2D eigenvalue weighted by molar-refractivity contribution is -0.910. The third-order valence-corrected chi connectivity index (χ3v) is 4.62. The summed E-state index contributed by atoms with van der Waals surface area (Å²) in [6.07, 6.45) is 2.03. The first-order valence-electron chi connectivity index (χ1n) is 8.49. The number of carbonyl (C=O) groups excluding carboxylic acids is 2. The smallest absolute Gasteiger partial charge is 0.275 e. The molecule has 7 heteroatoms. The third kappa shape index (κ3) is 4.85. The molecule has 1 saturated heterocycles. The van der Waals surface area contributed by atoms with Crippen LogP contribution >= 0.6 is 0 Å². The quantitative estimate of drug-likeness (QED) is 0.704. The summed E-state index contributed by atoms with van der Waals surface area (Å²) in [7, 11) is 6.64. The number of nitrogens with one attached hydrogen (secondary N) is 2. The number of ether oxygens (including phenoxy) is 2. The first kappa shape index (κ1) is 19.1. The Morgan fingerprint density at radius 1 is 1.28 bits per heavy atom. The monoisotopic (exact) mass is 350 g/mol. The Bertz CT molecular complexity index is 618. The Morgan fingerprint density at radius 3 is 2.68 bits per heavy atom. The van der Waals surface area contributed by atoms with Gasteiger partial charge in [-0.3, -0.25) is 9.59 Å². The van der Waals surface area contributed by atoms with Crippen LogP contribution in [-0.2, 0) is 9.59 Å². The van der Waals surface area contributed by atoms with Crippen LogP contribution in [-0.4, -0.2) is 64.7 Å². The molecule has 25 heavy (non-hydrogen) atoms. The van der Waals surface area contributed by atoms with Crippen molar-refractivity contribution in [3.05, 3.63) is 23.8 Å². The lowest BCUT2D eigenvalue weighted by atomic mass is 10.0. The number of nitrogens with zero attached hydrogens (tertiary/aromatic N) is 1. The highest BCUT2D eigenvalue weighted by atomic mass is 16.5. The van der Waals surface area contributed by atoms with Crippen molar-refractivity contribution in [2.75, 3.05) is 47.9 Å². The van der Waals surface area contributed by atoms with E-state index in [1.807, 2.05) is 18.2 Å². The van der Waals surface area contributed by atoms with Crippen LogP contribution in [0.1, 0.15) is 24.4 Å². The van der Waals surface area contributed by atoms with Gasteiger partial charge in [0.05, 0.1) is 32.9 Å². The highest BCUT2D eigenvalue weighted by Crippen LogP contribution is 2.31. The second kappa shape index (κ2) is 8.71. The zero-order valence-electron chi connectivity index (χ0n) is 15.4. The molecule has 1 unspecified atom stereocenters. The summed E-state index contributed by atoms with van der Waals surface area (Å²) in [6, 6.07) is 5.94. The number of methoxy groups -OCH3 is 2. The highest BCUT2D eigenvalue weighted by molar-refractivity contribution is 5.84. The summed E-state index contributed by atoms with van der Waals surface area (Å²) in [5.41, 5.74) is 1.06. The third-order valence-electron chi connectivity index (χ3n) is 4.62. The summed E-state index contributed by atoms with van der Waals surface area (Å²) in [4.78, 5) is 26.5. The Morgan fingerprint density at radius 2 is 2.04 bits per heavy atom. The van der Waals surface area contributed by atoms with Gasteiger partial charge in [0.1, 0.15) is 17.5 Å². The number of hydrogen-bond donors (Lipinski definition) is 2. The van der Waals surface area contributed by atoms with E-state index in [2.05, 4.69) is 5.32 Å². The van der Waals surface area contributed by atoms with Crippen LogP contribution in [0.25, 0.3) is 0 Å². The van der Waals surface area contributed by atoms with Gasteiger partial charge in [-0.1, -0.05) is 0 Å². The summed E-state index contributed by atoms with van der Waals surface area (Å²) in [5.74, 6) is 1.37. The maximum Gasteiger partial charge on any atom is 0.275 e. The van der Waals surface area contributed by atoms with Crippen molar-refractivity contribution in [3.63, 3.8) is 0 Å². The van der Waals surface area contributed by atoms with E-state index in [-0.39, 0.29) is 24.4 Å². The molecule has 1 fully saturated rings. The molecule has 0 spiro atoms. The van der Waals surface area contributed by atoms with Crippen molar-refractivity contribution in [1.82, 2.24) is 10.2 Å². The molecule has 0 aliphatic carbocycles. The molecule has 1 aliphatic rings. The van der Waals surface area contributed by atoms with Gasteiger partial charge in [0.25, 0.3) is 5.91 Å². The molecule has 2 atom stereocenters. The van der Waals surface area contributed by atoms with E-state index in [0.29, 0.717) is 6.54 Å². The van der Waals surface area contributed by atoms with Gasteiger partial charge in [-0.05, 0) is 18.2 Å². The molecule has 1 aromatic carbocycles. The van der Waals surface area contributed by atoms with Crippen LogP contribution in [0.15, 0.2) is 18.2 Å². The van der Waals surface area contributed by atoms with Crippen molar-refractivity contribution in [2.45, 2.75) is 18.9 Å². The van der Waals surface area contributed by atoms with Gasteiger partial charge in [-0.15, -0.1) is 0 Å². The average molecular weight is 350 g/mol. The van der Waals surface area contributed by atoms with E-state index in [9.17, 15) is 9.59 Å². The Hall–Kier alpha value is -2.28. The van der Waals surface area contributed by atoms with Crippen LogP contribution in [0.2, 0.25) is 0 Å². The van der Waals surface area contributed by atoms with Gasteiger partial charge in [0.2, 0.25) is 5.91 Å². The molecule has 138 valence electrons. The van der Waals surface area contributed by atoms with Crippen LogP contribution in [0.5, 0.6) is 11.5 Å². The zero-order chi connectivity index (χ0) is 18.4. The predicted octanol–water partition coefficient (Wildman–Crippen LogP) is -0.372. The highest BCUT2D eigenvalue weighted by Gasteiger charge is 2.34. The van der Waals surface area contributed by atoms with Crippen LogP contribution in [0.3, 0.4) is 0 Å². The number of benzene rings is 1. The van der Waals surface area contributed by atoms with E-state index in [1.54, 1.807) is 28.3 Å². The SMILES string of the molecule is COc1ccc(OC)c([C@H]2CCC[NH+]2CC(=O)NCC(=O)N(C)C)c1. The molecule has 1 heterocycles. The molecule has 2 N–H and O–H groups in total. The lowest BCUT2D eigenvalue weighted by Gasteiger charge is -2.23. The van der Waals surface area contributed by atoms with E-state index in [0.717, 1.165) is 36.4 Å². The van der Waals surface area contributed by atoms with Crippen molar-refractivity contribution >= 4 is 11.8 Å². The number of rotatable bonds is 7. The van der Waals surface area contributed by atoms with Gasteiger partial charge < -0.3 is 24.6 Å². The number of carbonyl (C=O) groups is 2. The van der Waals surface area contributed by atoms with E-state index < -0.39 is 0 Å². The van der Waals surface area contributed by atoms with Crippen LogP contribution < -0.4 is 19.7 Å². The second-order valence-corrected chi connectivity index (χ2v) is 6.45. The number of amides is 2. The lowest BCUT2D eigenvalue weighted by Crippen LogP contribution is -3.11. The Balaban J connectivity index is 2.05. The summed E-state index contributed by atoms with van der Waals surface area (Å²) >= 11 is 0. The summed E-state index contributed by atoms with van der Waals surface area (Å²) in [5, 5.41) is 2.71. The van der Waals surface area contributed by atoms with Gasteiger partial charge in [-0.25, -0.2) is 0 Å². The number of quaternary nitrogens is 1. The Labute approximate surface area is 148 Å². The molecule has 2 amide bonds. The molecule has 2 rings (SSSR count). The van der Waals surface area contributed by atoms with Crippen molar-refractivity contribution in [2.24, 2.45) is 0 Å². The number of likely N-dealkylation sites (tertiary alicyclic amines) is 1. The molecule has 0 saturated carbocycles. The minimum atomic E-state index is -0.115. The number of likely N-dealkylation sites (N-methyl/N-ethyl adjacent to an activating group) is 1. The first-order valence-corrected chi connectivity index (χ1v) is 8.49. The standard InChI is InChI=1S/C18H27N3O4/c1-20(2)18(23)11-19-17(22)12-21-9-5-6-15(21)14-10-13(24-3)7-8-16(14)25-4/h7-8,10,15H,5-6,9,11-12H2,1-4H3,(H,19,22)/p+1/t15-/m1/s1. The summed E-state index contributed by atoms with van der Waals surface area (Å²) in [6.45, 7) is 1.29. The van der Waals surface area contributed by atoms with Crippen LogP contribution in [0.4, 0.5) is 0 Å². The van der Waals surface area contributed by atoms with E-state index in [4.69, 9.17) is 9.47 Å². The van der Waals surface area contributed by atoms with E-state index >= 15 is 0 Å². The Kier molecular flexibility index (Phi) is 6.64. The average Bonchev–Trinajstić information content (AvgIpc) is 3.06. The molecular formula is C18H28N3O4+. The largest absolute Gasteiger partial charge is 0.497 e. The molecule has 1 aliphatic heterocycles. The maximum absolute atomic E-state index is 12.2. The second-order valence-electron chi connectivity index (χ2n) is 6.45. The zero-order valence-corrected chi connectivity index (χ0v) is 15.4. The molecule has 0 bridgehead atoms. The summed E-state index contributed by atoms with van der Waals surface area (Å²) < 4.78 is 10.8. The molecular weight excluding hydrogens is 322 g/mol.